The predicted octanol–water partition coefficient (Wildman–Crippen LogP) is 1.62. The Balaban J connectivity index is 3.16. The smallest absolute Gasteiger partial charge is 0.179 e. The molecule has 0 bridgehead atoms. The molecule has 0 saturated carbocycles. The molecule has 0 radical (unpaired) electrons. The van der Waals surface area contributed by atoms with Crippen LogP contribution in [0, 0.1) is 5.92 Å². The molecule has 0 aliphatic heterocycles. The maximum atomic E-state index is 11.9. The van der Waals surface area contributed by atoms with E-state index in [2.05, 4.69) is 18.8 Å². The normalized spacial score (nSPS) is 11.6. The van der Waals surface area contributed by atoms with E-state index in [9.17, 15) is 8.42 Å². The van der Waals surface area contributed by atoms with Gasteiger partial charge in [-0.1, -0.05) is 26.1 Å². The van der Waals surface area contributed by atoms with Crippen molar-refractivity contribution in [2.75, 3.05) is 24.2 Å². The van der Waals surface area contributed by atoms with Crippen LogP contribution >= 0.6 is 12.2 Å². The number of anilines is 1. The van der Waals surface area contributed by atoms with Crippen LogP contribution in [0.1, 0.15) is 20.3 Å². The largest absolute Gasteiger partial charge is 0.393 e. The molecule has 7 heteroatoms. The summed E-state index contributed by atoms with van der Waals surface area (Å²) in [6.45, 7) is 5.39. The lowest BCUT2D eigenvalue weighted by Crippen LogP contribution is -2.32. The average molecular weight is 315 g/mol. The second kappa shape index (κ2) is 6.99. The quantitative estimate of drug-likeness (QED) is 0.771. The fraction of sp³-hybridized carbons (Fsp3) is 0.538. The van der Waals surface area contributed by atoms with Gasteiger partial charge >= 0.3 is 0 Å². The van der Waals surface area contributed by atoms with E-state index >= 15 is 0 Å². The van der Waals surface area contributed by atoms with Crippen molar-refractivity contribution in [3.8, 4) is 0 Å². The second-order valence-electron chi connectivity index (χ2n) is 5.15. The van der Waals surface area contributed by atoms with Crippen LogP contribution in [-0.2, 0) is 9.84 Å². The molecule has 1 heterocycles. The maximum Gasteiger partial charge on any atom is 0.179 e. The van der Waals surface area contributed by atoms with Crippen LogP contribution in [0.25, 0.3) is 0 Å². The van der Waals surface area contributed by atoms with Gasteiger partial charge in [-0.2, -0.15) is 0 Å². The summed E-state index contributed by atoms with van der Waals surface area (Å²) in [5.74, 6) is 0.843. The van der Waals surface area contributed by atoms with Crippen molar-refractivity contribution in [1.29, 1.82) is 0 Å². The van der Waals surface area contributed by atoms with Gasteiger partial charge in [0.1, 0.15) is 10.7 Å². The molecule has 1 rings (SSSR count). The lowest BCUT2D eigenvalue weighted by molar-refractivity contribution is 0.592. The van der Waals surface area contributed by atoms with E-state index in [0.717, 1.165) is 0 Å². The molecule has 0 amide bonds. The second-order valence-corrected chi connectivity index (χ2v) is 7.66. The predicted molar refractivity (Wildman–Crippen MR) is 85.8 cm³/mol. The van der Waals surface area contributed by atoms with E-state index in [1.54, 1.807) is 18.3 Å². The van der Waals surface area contributed by atoms with Crippen molar-refractivity contribution in [3.05, 3.63) is 18.3 Å². The molecule has 0 saturated heterocycles. The molecule has 20 heavy (non-hydrogen) atoms. The number of hydrogen-bond acceptors (Lipinski definition) is 5. The Kier molecular flexibility index (Phi) is 5.88. The molecule has 112 valence electrons. The van der Waals surface area contributed by atoms with Gasteiger partial charge in [-0.3, -0.25) is 0 Å². The summed E-state index contributed by atoms with van der Waals surface area (Å²) < 4.78 is 23.7. The fourth-order valence-corrected chi connectivity index (χ4v) is 2.81. The molecule has 5 nitrogen and oxygen atoms in total. The molecule has 1 aromatic heterocycles. The van der Waals surface area contributed by atoms with Gasteiger partial charge in [-0.25, -0.2) is 13.4 Å². The summed E-state index contributed by atoms with van der Waals surface area (Å²) in [4.78, 5) is 6.82. The molecule has 0 spiro atoms. The van der Waals surface area contributed by atoms with Crippen molar-refractivity contribution >= 4 is 32.9 Å². The molecule has 0 atom stereocenters. The Morgan fingerprint density at radius 2 is 2.15 bits per heavy atom. The van der Waals surface area contributed by atoms with Crippen LogP contribution in [0.5, 0.6) is 0 Å². The van der Waals surface area contributed by atoms with Crippen LogP contribution in [0.3, 0.4) is 0 Å². The van der Waals surface area contributed by atoms with Crippen molar-refractivity contribution < 1.29 is 8.42 Å². The number of nitrogens with two attached hydrogens (primary N) is 1. The first-order valence-electron chi connectivity index (χ1n) is 6.40. The topological polar surface area (TPSA) is 76.3 Å². The monoisotopic (exact) mass is 315 g/mol. The zero-order valence-corrected chi connectivity index (χ0v) is 13.7. The van der Waals surface area contributed by atoms with Crippen molar-refractivity contribution in [3.63, 3.8) is 0 Å². The number of pyridine rings is 1. The van der Waals surface area contributed by atoms with E-state index < -0.39 is 9.84 Å². The maximum absolute atomic E-state index is 11.9. The van der Waals surface area contributed by atoms with Crippen molar-refractivity contribution in [1.82, 2.24) is 4.98 Å². The van der Waals surface area contributed by atoms with E-state index in [4.69, 9.17) is 18.0 Å². The summed E-state index contributed by atoms with van der Waals surface area (Å²) in [5, 5.41) is 0. The minimum Gasteiger partial charge on any atom is -0.393 e. The highest BCUT2D eigenvalue weighted by atomic mass is 32.2. The van der Waals surface area contributed by atoms with Crippen molar-refractivity contribution in [2.24, 2.45) is 11.7 Å². The lowest BCUT2D eigenvalue weighted by Gasteiger charge is -2.27. The summed E-state index contributed by atoms with van der Waals surface area (Å²) in [5.41, 5.74) is 5.54. The van der Waals surface area contributed by atoms with Crippen LogP contribution < -0.4 is 10.6 Å². The third-order valence-corrected chi connectivity index (χ3v) is 3.99. The lowest BCUT2D eigenvalue weighted by atomic mass is 10.2. The first kappa shape index (κ1) is 16.8. The average Bonchev–Trinajstić information content (AvgIpc) is 2.33. The Morgan fingerprint density at radius 3 is 2.65 bits per heavy atom. The summed E-state index contributed by atoms with van der Waals surface area (Å²) in [7, 11) is -3.32. The van der Waals surface area contributed by atoms with Gasteiger partial charge in [-0.05, 0) is 18.1 Å². The molecule has 0 fully saturated rings. The molecule has 0 aromatic carbocycles. The highest BCUT2D eigenvalue weighted by molar-refractivity contribution is 7.90. The van der Waals surface area contributed by atoms with Crippen molar-refractivity contribution in [2.45, 2.75) is 25.2 Å². The molecule has 2 N–H and O–H groups in total. The van der Waals surface area contributed by atoms with E-state index in [1.807, 2.05) is 4.90 Å². The number of nitrogens with zero attached hydrogens (tertiary/aromatic N) is 2. The van der Waals surface area contributed by atoms with Gasteiger partial charge in [0.15, 0.2) is 9.84 Å². The number of sulfone groups is 1. The molecular formula is C13H21N3O2S2. The van der Waals surface area contributed by atoms with Gasteiger partial charge in [0, 0.05) is 32.0 Å². The highest BCUT2D eigenvalue weighted by Gasteiger charge is 2.20. The minimum absolute atomic E-state index is 0.239. The number of rotatable bonds is 7. The van der Waals surface area contributed by atoms with Gasteiger partial charge in [0.25, 0.3) is 0 Å². The zero-order chi connectivity index (χ0) is 15.3. The zero-order valence-electron chi connectivity index (χ0n) is 12.0. The molecular weight excluding hydrogens is 294 g/mol. The SMILES string of the molecule is CC(C)CN(CCC(N)=S)c1ncccc1S(C)(=O)=O. The summed E-state index contributed by atoms with van der Waals surface area (Å²) in [6.07, 6.45) is 3.31. The van der Waals surface area contributed by atoms with Gasteiger partial charge < -0.3 is 10.6 Å². The first-order valence-corrected chi connectivity index (χ1v) is 8.70. The summed E-state index contributed by atoms with van der Waals surface area (Å²) in [6, 6.07) is 3.20. The number of thiocarbonyl (C=S) groups is 1. The standard InChI is InChI=1S/C13H21N3O2S2/c1-10(2)9-16(8-6-12(14)19)13-11(20(3,17)18)5-4-7-15-13/h4-5,7,10H,6,8-9H2,1-3H3,(H2,14,19). The fourth-order valence-electron chi connectivity index (χ4n) is 1.88. The Labute approximate surface area is 126 Å². The first-order chi connectivity index (χ1) is 9.21. The number of hydrogen-bond donors (Lipinski definition) is 1. The van der Waals surface area contributed by atoms with E-state index in [-0.39, 0.29) is 4.90 Å². The molecule has 0 aliphatic carbocycles. The van der Waals surface area contributed by atoms with Crippen LogP contribution in [0.2, 0.25) is 0 Å². The van der Waals surface area contributed by atoms with E-state index in [1.165, 1.54) is 6.26 Å². The van der Waals surface area contributed by atoms with Gasteiger partial charge in [-0.15, -0.1) is 0 Å². The van der Waals surface area contributed by atoms with Crippen LogP contribution in [0.15, 0.2) is 23.2 Å². The van der Waals surface area contributed by atoms with Crippen LogP contribution in [0.4, 0.5) is 5.82 Å². The van der Waals surface area contributed by atoms with Crippen LogP contribution in [-0.4, -0.2) is 37.7 Å². The van der Waals surface area contributed by atoms with Gasteiger partial charge in [0.05, 0.1) is 4.99 Å². The molecule has 0 unspecified atom stereocenters. The highest BCUT2D eigenvalue weighted by Crippen LogP contribution is 2.23. The van der Waals surface area contributed by atoms with Gasteiger partial charge in [0.2, 0.25) is 0 Å². The minimum atomic E-state index is -3.32. The third kappa shape index (κ3) is 5.05. The Morgan fingerprint density at radius 1 is 1.50 bits per heavy atom. The molecule has 1 aromatic rings. The Bertz CT molecular complexity index is 571. The number of aromatic nitrogens is 1. The summed E-state index contributed by atoms with van der Waals surface area (Å²) >= 11 is 4.90. The third-order valence-electron chi connectivity index (χ3n) is 2.66. The molecule has 0 aliphatic rings. The Hall–Kier alpha value is -1.21. The van der Waals surface area contributed by atoms with E-state index in [0.29, 0.717) is 36.2 Å².